The van der Waals surface area contributed by atoms with E-state index in [1.165, 1.54) is 4.57 Å². The fourth-order valence-electron chi connectivity index (χ4n) is 7.42. The van der Waals surface area contributed by atoms with Crippen molar-refractivity contribution in [2.24, 2.45) is 17.6 Å². The van der Waals surface area contributed by atoms with Gasteiger partial charge in [0.15, 0.2) is 0 Å². The van der Waals surface area contributed by atoms with Crippen molar-refractivity contribution < 1.29 is 37.7 Å². The molecule has 48 heavy (non-hydrogen) atoms. The van der Waals surface area contributed by atoms with Gasteiger partial charge in [0.25, 0.3) is 0 Å². The number of carboxylic acid groups (broad SMARTS) is 1. The predicted molar refractivity (Wildman–Crippen MR) is 170 cm³/mol. The van der Waals surface area contributed by atoms with Crippen LogP contribution < -0.4 is 26.7 Å². The number of ether oxygens (including phenoxy) is 3. The molecule has 1 saturated carbocycles. The SMILES string of the molecule is CC(C)(C)OC(=O)N[C@@]12CCOC[C@H]1CNC2.N#Cc1c(N2C[C@@H]3COCC[C@@]3(N)C2)c(F)cc2c(=O)c(C(=O)O)cn([C@@H]3C[C@@H]3F)c12. The molecular weight excluding hydrogens is 630 g/mol. The lowest BCUT2D eigenvalue weighted by Crippen LogP contribution is -2.58. The van der Waals surface area contributed by atoms with E-state index in [9.17, 15) is 29.1 Å². The van der Waals surface area contributed by atoms with Crippen molar-refractivity contribution in [1.29, 1.82) is 5.26 Å². The molecule has 2 aromatic rings. The van der Waals surface area contributed by atoms with Crippen molar-refractivity contribution in [3.05, 3.63) is 39.4 Å². The minimum absolute atomic E-state index is 0.00140. The Morgan fingerprint density at radius 3 is 2.54 bits per heavy atom. The number of nitriles is 1. The van der Waals surface area contributed by atoms with Crippen molar-refractivity contribution in [2.75, 3.05) is 57.5 Å². The zero-order valence-corrected chi connectivity index (χ0v) is 27.3. The standard InChI is InChI=1S/C21H20F2N4O4.C12H22N2O3/c22-14-4-16(14)27-7-13(20(29)30)19(28)11-3-15(23)18(12(5-24)17(11)27)26-6-10-8-31-2-1-21(10,25)9-26;1-11(2,3)17-10(15)14-12-4-5-16-7-9(12)6-13-8-12/h3,7,10,14,16H,1-2,4,6,8-9,25H2,(H,29,30);9,13H,4-8H2,1-3H3,(H,14,15)/t10-,14+,16-,21-;9-,12-/m11/s1. The summed E-state index contributed by atoms with van der Waals surface area (Å²) in [5, 5.41) is 25.5. The summed E-state index contributed by atoms with van der Waals surface area (Å²) >= 11 is 0. The smallest absolute Gasteiger partial charge is 0.408 e. The maximum atomic E-state index is 15.3. The summed E-state index contributed by atoms with van der Waals surface area (Å²) in [5.41, 5.74) is 3.76. The molecule has 0 radical (unpaired) electrons. The maximum Gasteiger partial charge on any atom is 0.408 e. The molecule has 0 unspecified atom stereocenters. The molecule has 1 aromatic carbocycles. The van der Waals surface area contributed by atoms with Gasteiger partial charge >= 0.3 is 12.1 Å². The third-order valence-electron chi connectivity index (χ3n) is 10.1. The van der Waals surface area contributed by atoms with Crippen LogP contribution >= 0.6 is 0 Å². The maximum absolute atomic E-state index is 15.3. The van der Waals surface area contributed by atoms with Crippen LogP contribution in [0.2, 0.25) is 0 Å². The Labute approximate surface area is 276 Å². The highest BCUT2D eigenvalue weighted by Gasteiger charge is 2.48. The number of carboxylic acids is 1. The van der Waals surface area contributed by atoms with Gasteiger partial charge in [0, 0.05) is 69.4 Å². The number of anilines is 1. The summed E-state index contributed by atoms with van der Waals surface area (Å²) in [6.45, 7) is 10.4. The molecule has 4 saturated heterocycles. The Morgan fingerprint density at radius 2 is 1.92 bits per heavy atom. The van der Waals surface area contributed by atoms with Gasteiger partial charge in [-0.3, -0.25) is 4.79 Å². The number of nitrogens with two attached hydrogens (primary N) is 1. The van der Waals surface area contributed by atoms with E-state index in [4.69, 9.17) is 19.9 Å². The van der Waals surface area contributed by atoms with Crippen LogP contribution in [0.5, 0.6) is 0 Å². The highest BCUT2D eigenvalue weighted by atomic mass is 19.1. The van der Waals surface area contributed by atoms with E-state index in [0.29, 0.717) is 51.9 Å². The molecule has 13 nitrogen and oxygen atoms in total. The van der Waals surface area contributed by atoms with Crippen molar-refractivity contribution >= 4 is 28.7 Å². The van der Waals surface area contributed by atoms with Gasteiger partial charge in [-0.2, -0.15) is 5.26 Å². The van der Waals surface area contributed by atoms with Crippen LogP contribution in [-0.2, 0) is 14.2 Å². The lowest BCUT2D eigenvalue weighted by Gasteiger charge is -2.39. The molecule has 5 heterocycles. The first-order valence-electron chi connectivity index (χ1n) is 16.3. The van der Waals surface area contributed by atoms with E-state index in [-0.39, 0.29) is 46.1 Å². The minimum Gasteiger partial charge on any atom is -0.477 e. The number of carbonyl (C=O) groups excluding carboxylic acids is 1. The van der Waals surface area contributed by atoms with Crippen molar-refractivity contribution in [3.8, 4) is 6.07 Å². The summed E-state index contributed by atoms with van der Waals surface area (Å²) in [6, 6.07) is 2.23. The molecule has 5 aliphatic rings. The van der Waals surface area contributed by atoms with Crippen LogP contribution in [0.1, 0.15) is 62.0 Å². The topological polar surface area (TPSA) is 181 Å². The van der Waals surface area contributed by atoms with E-state index in [1.54, 1.807) is 4.90 Å². The van der Waals surface area contributed by atoms with Gasteiger partial charge in [-0.05, 0) is 39.7 Å². The van der Waals surface area contributed by atoms with E-state index in [0.717, 1.165) is 31.8 Å². The predicted octanol–water partition coefficient (Wildman–Crippen LogP) is 2.44. The van der Waals surface area contributed by atoms with Gasteiger partial charge in [0.1, 0.15) is 34.8 Å². The highest BCUT2D eigenvalue weighted by Crippen LogP contribution is 2.44. The van der Waals surface area contributed by atoms with E-state index in [2.05, 4.69) is 10.6 Å². The molecule has 1 aliphatic carbocycles. The second kappa shape index (κ2) is 12.6. The number of fused-ring (bicyclic) bond motifs is 3. The molecule has 5 fully saturated rings. The van der Waals surface area contributed by atoms with Gasteiger partial charge < -0.3 is 45.2 Å². The van der Waals surface area contributed by atoms with Crippen molar-refractivity contribution in [2.45, 2.75) is 68.9 Å². The molecule has 5 N–H and O–H groups in total. The zero-order chi connectivity index (χ0) is 34.6. The summed E-state index contributed by atoms with van der Waals surface area (Å²) < 4.78 is 46.9. The number of carbonyl (C=O) groups is 2. The second-order valence-electron chi connectivity index (χ2n) is 14.6. The fraction of sp³-hybridized carbons (Fsp3) is 0.636. The number of nitrogens with one attached hydrogen (secondary N) is 2. The number of pyridine rings is 1. The molecule has 7 rings (SSSR count). The van der Waals surface area contributed by atoms with Gasteiger partial charge in [-0.15, -0.1) is 0 Å². The van der Waals surface area contributed by atoms with Crippen LogP contribution in [0.25, 0.3) is 10.9 Å². The number of aromatic carboxylic acids is 1. The molecule has 0 bridgehead atoms. The summed E-state index contributed by atoms with van der Waals surface area (Å²) in [4.78, 5) is 37.8. The van der Waals surface area contributed by atoms with E-state index < -0.39 is 46.1 Å². The number of alkyl halides is 1. The first-order valence-corrected chi connectivity index (χ1v) is 16.3. The molecule has 0 spiro atoms. The minimum atomic E-state index is -1.49. The van der Waals surface area contributed by atoms with E-state index >= 15 is 4.39 Å². The normalized spacial score (nSPS) is 30.8. The number of amides is 1. The van der Waals surface area contributed by atoms with Gasteiger partial charge in [0.05, 0.1) is 41.4 Å². The molecule has 1 amide bonds. The molecule has 6 atom stereocenters. The molecule has 15 heteroatoms. The largest absolute Gasteiger partial charge is 0.477 e. The third-order valence-corrected chi connectivity index (χ3v) is 10.1. The molecule has 1 aromatic heterocycles. The van der Waals surface area contributed by atoms with Gasteiger partial charge in [-0.1, -0.05) is 0 Å². The second-order valence-corrected chi connectivity index (χ2v) is 14.6. The highest BCUT2D eigenvalue weighted by molar-refractivity contribution is 5.96. The number of benzene rings is 1. The van der Waals surface area contributed by atoms with Gasteiger partial charge in [0.2, 0.25) is 5.43 Å². The lowest BCUT2D eigenvalue weighted by atomic mass is 9.83. The Bertz CT molecular complexity index is 1720. The summed E-state index contributed by atoms with van der Waals surface area (Å²) in [6.07, 6.45) is 1.08. The molecular formula is C33H42F2N6O7. The number of aromatic nitrogens is 1. The third kappa shape index (κ3) is 6.34. The summed E-state index contributed by atoms with van der Waals surface area (Å²) in [5.74, 6) is -2.00. The van der Waals surface area contributed by atoms with Crippen molar-refractivity contribution in [1.82, 2.24) is 15.2 Å². The number of nitrogens with zero attached hydrogens (tertiary/aromatic N) is 3. The number of hydrogen-bond acceptors (Lipinski definition) is 10. The average molecular weight is 673 g/mol. The Balaban J connectivity index is 0.000000200. The van der Waals surface area contributed by atoms with Gasteiger partial charge in [-0.25, -0.2) is 18.4 Å². The van der Waals surface area contributed by atoms with Crippen LogP contribution in [-0.4, -0.2) is 97.2 Å². The van der Waals surface area contributed by atoms with Crippen molar-refractivity contribution in [3.63, 3.8) is 0 Å². The van der Waals surface area contributed by atoms with Crippen LogP contribution in [0.4, 0.5) is 19.3 Å². The number of halogens is 2. The summed E-state index contributed by atoms with van der Waals surface area (Å²) in [7, 11) is 0. The first-order chi connectivity index (χ1) is 22.7. The number of alkyl carbamates (subject to hydrolysis) is 1. The Kier molecular flexibility index (Phi) is 8.91. The van der Waals surface area contributed by atoms with Crippen LogP contribution in [0.15, 0.2) is 17.1 Å². The molecule has 260 valence electrons. The zero-order valence-electron chi connectivity index (χ0n) is 27.3. The Hall–Kier alpha value is -3.84. The Morgan fingerprint density at radius 1 is 1.23 bits per heavy atom. The first kappa shape index (κ1) is 34.0. The van der Waals surface area contributed by atoms with E-state index in [1.807, 2.05) is 26.8 Å². The quantitative estimate of drug-likeness (QED) is 0.375. The number of hydrogen-bond donors (Lipinski definition) is 4. The van der Waals surface area contributed by atoms with Crippen LogP contribution in [0, 0.1) is 29.0 Å². The lowest BCUT2D eigenvalue weighted by molar-refractivity contribution is -0.00166. The number of rotatable bonds is 4. The molecule has 4 aliphatic heterocycles. The average Bonchev–Trinajstić information content (AvgIpc) is 3.42. The fourth-order valence-corrected chi connectivity index (χ4v) is 7.42. The monoisotopic (exact) mass is 672 g/mol. The van der Waals surface area contributed by atoms with Crippen LogP contribution in [0.3, 0.4) is 0 Å².